The molecule has 0 saturated carbocycles. The van der Waals surface area contributed by atoms with Crippen molar-refractivity contribution in [1.29, 1.82) is 0 Å². The fourth-order valence-corrected chi connectivity index (χ4v) is 2.26. The summed E-state index contributed by atoms with van der Waals surface area (Å²) in [5.41, 5.74) is 1.97. The van der Waals surface area contributed by atoms with E-state index in [2.05, 4.69) is 5.10 Å². The van der Waals surface area contributed by atoms with Crippen LogP contribution in [0.15, 0.2) is 0 Å². The van der Waals surface area contributed by atoms with Crippen molar-refractivity contribution in [2.24, 2.45) is 13.0 Å². The minimum atomic E-state index is -0.268. The highest BCUT2D eigenvalue weighted by Gasteiger charge is 2.19. The number of halogens is 1. The predicted molar refractivity (Wildman–Crippen MR) is 66.8 cm³/mol. The number of aliphatic hydroxyl groups is 1. The zero-order valence-corrected chi connectivity index (χ0v) is 11.3. The lowest BCUT2D eigenvalue weighted by molar-refractivity contribution is 0.112. The summed E-state index contributed by atoms with van der Waals surface area (Å²) in [6.45, 7) is 6.08. The number of nitrogens with zero attached hydrogens (tertiary/aromatic N) is 2. The van der Waals surface area contributed by atoms with Crippen LogP contribution < -0.4 is 0 Å². The Kier molecular flexibility index (Phi) is 4.81. The summed E-state index contributed by atoms with van der Waals surface area (Å²) in [6, 6.07) is 0. The molecular weight excluding hydrogens is 224 g/mol. The molecule has 0 spiro atoms. The van der Waals surface area contributed by atoms with Crippen molar-refractivity contribution in [3.63, 3.8) is 0 Å². The molecule has 0 fully saturated rings. The van der Waals surface area contributed by atoms with Crippen LogP contribution in [0.4, 0.5) is 0 Å². The smallest absolute Gasteiger partial charge is 0.0849 e. The molecule has 2 unspecified atom stereocenters. The molecule has 1 aromatic heterocycles. The summed E-state index contributed by atoms with van der Waals surface area (Å²) in [4.78, 5) is 0. The monoisotopic (exact) mass is 244 g/mol. The minimum absolute atomic E-state index is 0.211. The van der Waals surface area contributed by atoms with Crippen molar-refractivity contribution < 1.29 is 5.11 Å². The van der Waals surface area contributed by atoms with Crippen LogP contribution >= 0.6 is 11.6 Å². The fourth-order valence-electron chi connectivity index (χ4n) is 1.88. The topological polar surface area (TPSA) is 38.0 Å². The normalized spacial score (nSPS) is 15.1. The van der Waals surface area contributed by atoms with Crippen LogP contribution in [-0.4, -0.2) is 21.0 Å². The number of hydrogen-bond donors (Lipinski definition) is 1. The maximum atomic E-state index is 9.76. The van der Waals surface area contributed by atoms with Gasteiger partial charge in [0.15, 0.2) is 0 Å². The van der Waals surface area contributed by atoms with Gasteiger partial charge in [-0.3, -0.25) is 4.68 Å². The molecule has 1 aromatic rings. The van der Waals surface area contributed by atoms with E-state index in [1.807, 2.05) is 32.5 Å². The van der Waals surface area contributed by atoms with Gasteiger partial charge in [0.2, 0.25) is 0 Å². The van der Waals surface area contributed by atoms with E-state index < -0.39 is 0 Å². The van der Waals surface area contributed by atoms with Crippen LogP contribution in [0.25, 0.3) is 0 Å². The third-order valence-electron chi connectivity index (χ3n) is 3.09. The summed E-state index contributed by atoms with van der Waals surface area (Å²) in [6.07, 6.45) is 2.13. The number of hydrogen-bond acceptors (Lipinski definition) is 2. The van der Waals surface area contributed by atoms with Crippen molar-refractivity contribution >= 4 is 11.6 Å². The second-order valence-corrected chi connectivity index (χ2v) is 4.72. The Hall–Kier alpha value is -0.540. The molecule has 4 heteroatoms. The van der Waals surface area contributed by atoms with Crippen LogP contribution in [0.1, 0.15) is 38.6 Å². The third-order valence-corrected chi connectivity index (χ3v) is 3.53. The molecule has 1 heterocycles. The van der Waals surface area contributed by atoms with Crippen molar-refractivity contribution in [3.05, 3.63) is 16.4 Å². The standard InChI is InChI=1S/C12H21ClN2O/c1-5-9-12(13)10(15(4)14-9)7-8(3)11(16)6-2/h8,11,16H,5-7H2,1-4H3. The van der Waals surface area contributed by atoms with Gasteiger partial charge in [-0.15, -0.1) is 0 Å². The molecule has 0 radical (unpaired) electrons. The molecule has 1 N–H and O–H groups in total. The van der Waals surface area contributed by atoms with E-state index in [0.717, 1.165) is 35.7 Å². The lowest BCUT2D eigenvalue weighted by Crippen LogP contribution is -2.19. The molecule has 92 valence electrons. The predicted octanol–water partition coefficient (Wildman–Crippen LogP) is 2.59. The summed E-state index contributed by atoms with van der Waals surface area (Å²) < 4.78 is 1.83. The highest BCUT2D eigenvalue weighted by Crippen LogP contribution is 2.24. The maximum absolute atomic E-state index is 9.76. The van der Waals surface area contributed by atoms with E-state index in [0.29, 0.717) is 0 Å². The molecule has 0 aliphatic carbocycles. The highest BCUT2D eigenvalue weighted by atomic mass is 35.5. The average molecular weight is 245 g/mol. The highest BCUT2D eigenvalue weighted by molar-refractivity contribution is 6.31. The quantitative estimate of drug-likeness (QED) is 0.865. The van der Waals surface area contributed by atoms with Gasteiger partial charge in [-0.1, -0.05) is 32.4 Å². The maximum Gasteiger partial charge on any atom is 0.0849 e. The molecule has 0 saturated heterocycles. The van der Waals surface area contributed by atoms with Crippen LogP contribution in [0, 0.1) is 5.92 Å². The van der Waals surface area contributed by atoms with E-state index >= 15 is 0 Å². The van der Waals surface area contributed by atoms with Gasteiger partial charge in [0.1, 0.15) is 0 Å². The van der Waals surface area contributed by atoms with Crippen LogP contribution in [0.5, 0.6) is 0 Å². The van der Waals surface area contributed by atoms with E-state index in [9.17, 15) is 5.11 Å². The van der Waals surface area contributed by atoms with Gasteiger partial charge in [0.25, 0.3) is 0 Å². The summed E-state index contributed by atoms with van der Waals surface area (Å²) in [5, 5.41) is 14.9. The largest absolute Gasteiger partial charge is 0.393 e. The van der Waals surface area contributed by atoms with Crippen molar-refractivity contribution in [2.75, 3.05) is 0 Å². The Morgan fingerprint density at radius 2 is 2.06 bits per heavy atom. The molecule has 0 aliphatic heterocycles. The SMILES string of the molecule is CCc1nn(C)c(CC(C)C(O)CC)c1Cl. The van der Waals surface area contributed by atoms with E-state index in [4.69, 9.17) is 11.6 Å². The van der Waals surface area contributed by atoms with Crippen LogP contribution in [0.3, 0.4) is 0 Å². The van der Waals surface area contributed by atoms with Crippen LogP contribution in [-0.2, 0) is 19.9 Å². The lowest BCUT2D eigenvalue weighted by Gasteiger charge is -2.17. The lowest BCUT2D eigenvalue weighted by atomic mass is 9.97. The third kappa shape index (κ3) is 2.77. The molecule has 2 atom stereocenters. The molecule has 0 aromatic carbocycles. The van der Waals surface area contributed by atoms with Gasteiger partial charge < -0.3 is 5.11 Å². The molecule has 16 heavy (non-hydrogen) atoms. The Labute approximate surface area is 102 Å². The van der Waals surface area contributed by atoms with Gasteiger partial charge in [-0.05, 0) is 25.2 Å². The molecule has 3 nitrogen and oxygen atoms in total. The molecule has 0 bridgehead atoms. The number of aryl methyl sites for hydroxylation is 2. The van der Waals surface area contributed by atoms with E-state index in [-0.39, 0.29) is 12.0 Å². The van der Waals surface area contributed by atoms with Gasteiger partial charge in [-0.2, -0.15) is 5.10 Å². The van der Waals surface area contributed by atoms with E-state index in [1.165, 1.54) is 0 Å². The van der Waals surface area contributed by atoms with Gasteiger partial charge >= 0.3 is 0 Å². The van der Waals surface area contributed by atoms with Gasteiger partial charge in [0.05, 0.1) is 22.5 Å². The summed E-state index contributed by atoms with van der Waals surface area (Å²) in [5.74, 6) is 0.211. The Morgan fingerprint density at radius 3 is 2.50 bits per heavy atom. The Bertz CT molecular complexity index is 349. The first kappa shape index (κ1) is 13.5. The first-order chi connectivity index (χ1) is 7.51. The first-order valence-corrected chi connectivity index (χ1v) is 6.27. The average Bonchev–Trinajstić information content (AvgIpc) is 2.55. The summed E-state index contributed by atoms with van der Waals surface area (Å²) >= 11 is 6.26. The van der Waals surface area contributed by atoms with Crippen molar-refractivity contribution in [3.8, 4) is 0 Å². The van der Waals surface area contributed by atoms with Gasteiger partial charge in [-0.25, -0.2) is 0 Å². The number of aromatic nitrogens is 2. The second-order valence-electron chi connectivity index (χ2n) is 4.34. The first-order valence-electron chi connectivity index (χ1n) is 5.89. The molecule has 0 amide bonds. The fraction of sp³-hybridized carbons (Fsp3) is 0.750. The van der Waals surface area contributed by atoms with Crippen molar-refractivity contribution in [2.45, 2.75) is 46.1 Å². The Morgan fingerprint density at radius 1 is 1.44 bits per heavy atom. The Balaban J connectivity index is 2.84. The molecule has 0 aliphatic rings. The summed E-state index contributed by atoms with van der Waals surface area (Å²) in [7, 11) is 1.91. The molecular formula is C12H21ClN2O. The van der Waals surface area contributed by atoms with Gasteiger partial charge in [0, 0.05) is 7.05 Å². The van der Waals surface area contributed by atoms with Crippen molar-refractivity contribution in [1.82, 2.24) is 9.78 Å². The number of aliphatic hydroxyl groups excluding tert-OH is 1. The van der Waals surface area contributed by atoms with Crippen LogP contribution in [0.2, 0.25) is 5.02 Å². The second kappa shape index (κ2) is 5.69. The zero-order valence-electron chi connectivity index (χ0n) is 10.5. The minimum Gasteiger partial charge on any atom is -0.393 e. The zero-order chi connectivity index (χ0) is 12.3. The number of rotatable bonds is 5. The van der Waals surface area contributed by atoms with E-state index in [1.54, 1.807) is 0 Å². The molecule has 1 rings (SSSR count).